The molecule has 1 heterocycles. The molecule has 2 rings (SSSR count). The minimum atomic E-state index is -0.00212. The van der Waals surface area contributed by atoms with Gasteiger partial charge in [0, 0.05) is 35.9 Å². The van der Waals surface area contributed by atoms with Crippen molar-refractivity contribution in [1.29, 1.82) is 0 Å². The third-order valence-corrected chi connectivity index (χ3v) is 3.34. The molecule has 1 aromatic heterocycles. The largest absolute Gasteiger partial charge is 0.392 e. The van der Waals surface area contributed by atoms with Crippen molar-refractivity contribution in [3.63, 3.8) is 0 Å². The summed E-state index contributed by atoms with van der Waals surface area (Å²) in [4.78, 5) is 6.34. The summed E-state index contributed by atoms with van der Waals surface area (Å²) < 4.78 is 0. The van der Waals surface area contributed by atoms with E-state index in [4.69, 9.17) is 0 Å². The van der Waals surface area contributed by atoms with E-state index >= 15 is 0 Å². The molecule has 0 unspecified atom stereocenters. The van der Waals surface area contributed by atoms with Gasteiger partial charge in [-0.1, -0.05) is 17.7 Å². The number of rotatable bonds is 3. The van der Waals surface area contributed by atoms with Crippen molar-refractivity contribution < 1.29 is 5.11 Å². The quantitative estimate of drug-likeness (QED) is 0.915. The fraction of sp³-hybridized carbons (Fsp3) is 0.312. The summed E-state index contributed by atoms with van der Waals surface area (Å²) in [5, 5.41) is 9.45. The second kappa shape index (κ2) is 5.41. The first-order valence-corrected chi connectivity index (χ1v) is 6.40. The summed E-state index contributed by atoms with van der Waals surface area (Å²) in [6.45, 7) is 6.15. The zero-order chi connectivity index (χ0) is 14.0. The Morgan fingerprint density at radius 2 is 1.84 bits per heavy atom. The van der Waals surface area contributed by atoms with Gasteiger partial charge >= 0.3 is 0 Å². The maximum atomic E-state index is 9.45. The van der Waals surface area contributed by atoms with Gasteiger partial charge in [-0.25, -0.2) is 0 Å². The fourth-order valence-corrected chi connectivity index (χ4v) is 2.32. The Hall–Kier alpha value is -1.87. The highest BCUT2D eigenvalue weighted by Crippen LogP contribution is 2.30. The van der Waals surface area contributed by atoms with Crippen LogP contribution in [-0.4, -0.2) is 17.1 Å². The smallest absolute Gasteiger partial charge is 0.0717 e. The molecule has 0 aliphatic carbocycles. The lowest BCUT2D eigenvalue weighted by Crippen LogP contribution is -2.14. The van der Waals surface area contributed by atoms with Crippen LogP contribution in [0.25, 0.3) is 0 Å². The number of hydrogen-bond acceptors (Lipinski definition) is 3. The zero-order valence-electron chi connectivity index (χ0n) is 11.9. The van der Waals surface area contributed by atoms with Crippen molar-refractivity contribution >= 4 is 11.4 Å². The van der Waals surface area contributed by atoms with Crippen LogP contribution in [0.3, 0.4) is 0 Å². The lowest BCUT2D eigenvalue weighted by atomic mass is 10.1. The predicted octanol–water partition coefficient (Wildman–Crippen LogP) is 3.27. The molecule has 0 bridgehead atoms. The van der Waals surface area contributed by atoms with E-state index in [1.54, 1.807) is 6.20 Å². The van der Waals surface area contributed by atoms with Crippen molar-refractivity contribution in [2.24, 2.45) is 0 Å². The first-order valence-electron chi connectivity index (χ1n) is 6.40. The van der Waals surface area contributed by atoms with Crippen molar-refractivity contribution in [3.8, 4) is 0 Å². The molecule has 2 aromatic rings. The maximum Gasteiger partial charge on any atom is 0.0717 e. The van der Waals surface area contributed by atoms with Crippen LogP contribution < -0.4 is 4.90 Å². The molecule has 3 nitrogen and oxygen atoms in total. The van der Waals surface area contributed by atoms with Gasteiger partial charge in [0.1, 0.15) is 0 Å². The Morgan fingerprint density at radius 3 is 2.47 bits per heavy atom. The minimum absolute atomic E-state index is 0.00212. The lowest BCUT2D eigenvalue weighted by Gasteiger charge is -2.24. The van der Waals surface area contributed by atoms with Crippen molar-refractivity contribution in [2.45, 2.75) is 27.4 Å². The highest BCUT2D eigenvalue weighted by molar-refractivity contribution is 5.68. The highest BCUT2D eigenvalue weighted by atomic mass is 16.3. The first kappa shape index (κ1) is 13.6. The van der Waals surface area contributed by atoms with Gasteiger partial charge in [0.25, 0.3) is 0 Å². The molecular weight excluding hydrogens is 236 g/mol. The fourth-order valence-electron chi connectivity index (χ4n) is 2.32. The highest BCUT2D eigenvalue weighted by Gasteiger charge is 2.11. The van der Waals surface area contributed by atoms with Crippen molar-refractivity contribution in [2.75, 3.05) is 11.9 Å². The standard InChI is InChI=1S/C16H20N2O/c1-11-5-6-15(12(2)7-11)18(4)16-8-13(3)17-9-14(16)10-19/h5-9,19H,10H2,1-4H3. The number of pyridine rings is 1. The van der Waals surface area contributed by atoms with E-state index in [9.17, 15) is 5.11 Å². The van der Waals surface area contributed by atoms with Crippen LogP contribution in [0.1, 0.15) is 22.4 Å². The second-order valence-electron chi connectivity index (χ2n) is 4.96. The Labute approximate surface area is 114 Å². The van der Waals surface area contributed by atoms with Gasteiger partial charge in [0.15, 0.2) is 0 Å². The SMILES string of the molecule is Cc1ccc(N(C)c2cc(C)ncc2CO)c(C)c1. The molecule has 0 radical (unpaired) electrons. The summed E-state index contributed by atoms with van der Waals surface area (Å²) >= 11 is 0. The van der Waals surface area contributed by atoms with Gasteiger partial charge in [-0.2, -0.15) is 0 Å². The van der Waals surface area contributed by atoms with Gasteiger partial charge in [0.2, 0.25) is 0 Å². The average Bonchev–Trinajstić information content (AvgIpc) is 2.38. The number of aromatic nitrogens is 1. The molecular formula is C16H20N2O. The van der Waals surface area contributed by atoms with Crippen molar-refractivity contribution in [3.05, 3.63) is 52.8 Å². The second-order valence-corrected chi connectivity index (χ2v) is 4.96. The third kappa shape index (κ3) is 2.76. The van der Waals surface area contributed by atoms with E-state index in [0.29, 0.717) is 0 Å². The van der Waals surface area contributed by atoms with Crippen LogP contribution in [0.4, 0.5) is 11.4 Å². The Kier molecular flexibility index (Phi) is 3.86. The van der Waals surface area contributed by atoms with E-state index in [1.165, 1.54) is 11.1 Å². The Morgan fingerprint density at radius 1 is 1.11 bits per heavy atom. The summed E-state index contributed by atoms with van der Waals surface area (Å²) in [6, 6.07) is 8.39. The molecule has 0 saturated heterocycles. The number of aryl methyl sites for hydroxylation is 3. The molecule has 0 saturated carbocycles. The molecule has 0 amide bonds. The molecule has 0 fully saturated rings. The lowest BCUT2D eigenvalue weighted by molar-refractivity contribution is 0.282. The average molecular weight is 256 g/mol. The predicted molar refractivity (Wildman–Crippen MR) is 78.9 cm³/mol. The number of anilines is 2. The Bertz CT molecular complexity index is 593. The molecule has 1 N–H and O–H groups in total. The molecule has 0 atom stereocenters. The molecule has 1 aromatic carbocycles. The van der Waals surface area contributed by atoms with E-state index in [0.717, 1.165) is 22.6 Å². The molecule has 0 aliphatic rings. The van der Waals surface area contributed by atoms with E-state index in [1.807, 2.05) is 20.0 Å². The molecule has 19 heavy (non-hydrogen) atoms. The van der Waals surface area contributed by atoms with Gasteiger partial charge in [-0.3, -0.25) is 4.98 Å². The maximum absolute atomic E-state index is 9.45. The zero-order valence-corrected chi connectivity index (χ0v) is 11.9. The van der Waals surface area contributed by atoms with E-state index < -0.39 is 0 Å². The first-order chi connectivity index (χ1) is 9.02. The number of hydrogen-bond donors (Lipinski definition) is 1. The Balaban J connectivity index is 2.49. The summed E-state index contributed by atoms with van der Waals surface area (Å²) in [5.41, 5.74) is 6.41. The van der Waals surface area contributed by atoms with Crippen LogP contribution in [0.2, 0.25) is 0 Å². The summed E-state index contributed by atoms with van der Waals surface area (Å²) in [7, 11) is 2.02. The van der Waals surface area contributed by atoms with Gasteiger partial charge in [-0.05, 0) is 38.5 Å². The van der Waals surface area contributed by atoms with Crippen LogP contribution in [0.15, 0.2) is 30.5 Å². The molecule has 0 aliphatic heterocycles. The number of aliphatic hydroxyl groups is 1. The minimum Gasteiger partial charge on any atom is -0.392 e. The number of aliphatic hydroxyl groups excluding tert-OH is 1. The topological polar surface area (TPSA) is 36.4 Å². The number of nitrogens with zero attached hydrogens (tertiary/aromatic N) is 2. The van der Waals surface area contributed by atoms with Crippen LogP contribution >= 0.6 is 0 Å². The van der Waals surface area contributed by atoms with E-state index in [2.05, 4.69) is 41.9 Å². The summed E-state index contributed by atoms with van der Waals surface area (Å²) in [6.07, 6.45) is 1.74. The van der Waals surface area contributed by atoms with Gasteiger partial charge < -0.3 is 10.0 Å². The van der Waals surface area contributed by atoms with Crippen LogP contribution in [-0.2, 0) is 6.61 Å². The third-order valence-electron chi connectivity index (χ3n) is 3.34. The van der Waals surface area contributed by atoms with Gasteiger partial charge in [-0.15, -0.1) is 0 Å². The molecule has 0 spiro atoms. The molecule has 3 heteroatoms. The normalized spacial score (nSPS) is 10.6. The summed E-state index contributed by atoms with van der Waals surface area (Å²) in [5.74, 6) is 0. The van der Waals surface area contributed by atoms with Crippen LogP contribution in [0, 0.1) is 20.8 Å². The number of benzene rings is 1. The van der Waals surface area contributed by atoms with E-state index in [-0.39, 0.29) is 6.61 Å². The monoisotopic (exact) mass is 256 g/mol. The van der Waals surface area contributed by atoms with Crippen LogP contribution in [0.5, 0.6) is 0 Å². The molecule has 100 valence electrons. The van der Waals surface area contributed by atoms with Crippen molar-refractivity contribution in [1.82, 2.24) is 4.98 Å². The van der Waals surface area contributed by atoms with Gasteiger partial charge in [0.05, 0.1) is 6.61 Å².